The van der Waals surface area contributed by atoms with Crippen molar-refractivity contribution >= 4 is 126 Å². The maximum absolute atomic E-state index is 15.3. The number of halogens is 40. The Kier molecular flexibility index (Phi) is 18.9. The molecule has 0 radical (unpaired) electrons. The Labute approximate surface area is 774 Å². The van der Waals surface area contributed by atoms with Gasteiger partial charge in [-0.15, -0.1) is 0 Å². The van der Waals surface area contributed by atoms with Crippen LogP contribution in [0.15, 0.2) is 282 Å². The molecular formula is C80H42F40N8O8S8. The molecule has 0 aliphatic carbocycles. The quantitative estimate of drug-likeness (QED) is 0.0545. The number of aromatic amines is 2. The Morgan fingerprint density at radius 3 is 0.389 bits per heavy atom. The van der Waals surface area contributed by atoms with Crippen molar-refractivity contribution in [1.29, 1.82) is 0 Å². The summed E-state index contributed by atoms with van der Waals surface area (Å²) in [6.07, 6.45) is 0. The van der Waals surface area contributed by atoms with Gasteiger partial charge in [0.15, 0.2) is 69.3 Å². The summed E-state index contributed by atoms with van der Waals surface area (Å²) in [7, 11) is -90.3. The minimum atomic E-state index is -11.3. The van der Waals surface area contributed by atoms with Crippen molar-refractivity contribution in [2.75, 3.05) is 0 Å². The van der Waals surface area contributed by atoms with Gasteiger partial charge in [-0.3, -0.25) is 0 Å². The van der Waals surface area contributed by atoms with Gasteiger partial charge in [0.05, 0.1) is 0 Å². The molecule has 0 fully saturated rings. The van der Waals surface area contributed by atoms with Gasteiger partial charge < -0.3 is 47.9 Å². The number of rotatable bonds is 24. The smallest absolute Gasteiger partial charge is 0.313 e. The van der Waals surface area contributed by atoms with Gasteiger partial charge in [-0.1, -0.05) is 252 Å². The number of fused-ring (bicyclic) bond motifs is 20. The molecule has 144 heavy (non-hydrogen) atoms. The molecule has 2 aliphatic heterocycles. The number of nitrogens with one attached hydrogen (secondary N) is 2. The molecule has 12 aromatic carbocycles. The molecule has 2 N–H and O–H groups in total. The highest BCUT2D eigenvalue weighted by atomic mass is 32.5. The fourth-order valence-electron chi connectivity index (χ4n) is 14.2. The lowest BCUT2D eigenvalue weighted by atomic mass is 10.1. The van der Waals surface area contributed by atoms with E-state index in [4.69, 9.17) is 37.9 Å². The van der Waals surface area contributed by atoms with Crippen LogP contribution in [-0.4, -0.2) is 39.9 Å². The normalized spacial score (nSPS) is 16.9. The summed E-state index contributed by atoms with van der Waals surface area (Å²) in [6.45, 7) is 0. The minimum Gasteiger partial charge on any atom is -0.452 e. The molecule has 8 bridgehead atoms. The van der Waals surface area contributed by atoms with E-state index in [0.717, 1.165) is 0 Å². The molecule has 15 aromatic rings. The zero-order valence-electron chi connectivity index (χ0n) is 68.4. The number of benzene rings is 12. The fraction of sp³-hybridized carbons (Fsp3) is 0. The number of hydrogen-bond acceptors (Lipinski definition) is 14. The van der Waals surface area contributed by atoms with Crippen LogP contribution in [0.25, 0.3) is 89.7 Å². The van der Waals surface area contributed by atoms with Gasteiger partial charge in [-0.05, 0) is 146 Å². The van der Waals surface area contributed by atoms with Crippen LogP contribution in [-0.2, 0) is 0 Å². The standard InChI is InChI=1S/C80H42F40N8O8S8/c81-137(82,83,84,85)65-25-9-1-17-49(65)129-57-33-41-42(34-58(57)130-50-18-2-10-26-66(50)138(86,87,88,89)90)74-121-73(41)125-75-43-35-59(131-51-19-3-11-27-67(51)139(91,92,93,94)95)60(132-52-20-4-12-28-68(52)140(96,97,98,99)100)36-44(43)77(122-75)127-79-47-39-63(135-55-23-7-15-31-71(55)143(111,112,113,114)115)64(136-56-24-8-16-32-72(56)144(116,117,118,119)120)40-48(47)80(124-79)128-78-46-38-62(134-54-22-6-14-30-70(54)142(106,107,108,109)110)61(37-45(46)76(123-78)126-74)133-53-21-5-13-29-69(53)141(101,102,103,104)105/h1-40H,(H2,121,122,123,124,125,126,127,128). The summed E-state index contributed by atoms with van der Waals surface area (Å²) >= 11 is 0. The maximum atomic E-state index is 15.3. The molecule has 0 saturated carbocycles. The average Bonchev–Trinajstić information content (AvgIpc) is 1.20. The van der Waals surface area contributed by atoms with Crippen molar-refractivity contribution in [3.8, 4) is 138 Å². The van der Waals surface area contributed by atoms with E-state index in [1.165, 1.54) is 0 Å². The molecule has 0 unspecified atom stereocenters. The molecule has 64 heteroatoms. The first-order valence-corrected chi connectivity index (χ1v) is 53.6. The van der Waals surface area contributed by atoms with Crippen molar-refractivity contribution in [3.05, 3.63) is 243 Å². The molecule has 778 valence electrons. The summed E-state index contributed by atoms with van der Waals surface area (Å²) in [6, 6.07) is 4.75. The van der Waals surface area contributed by atoms with E-state index in [-0.39, 0.29) is 194 Å². The second kappa shape index (κ2) is 26.8. The van der Waals surface area contributed by atoms with Crippen molar-refractivity contribution in [2.45, 2.75) is 39.2 Å². The van der Waals surface area contributed by atoms with E-state index in [1.54, 1.807) is 0 Å². The van der Waals surface area contributed by atoms with E-state index in [1.807, 2.05) is 0 Å². The van der Waals surface area contributed by atoms with Gasteiger partial charge in [0.1, 0.15) is 108 Å². The lowest BCUT2D eigenvalue weighted by Crippen LogP contribution is -2.09. The molecule has 0 atom stereocenters. The summed E-state index contributed by atoms with van der Waals surface area (Å²) in [5.74, 6) is -36.6. The van der Waals surface area contributed by atoms with Crippen molar-refractivity contribution in [2.24, 2.45) is 0 Å². The number of hydrogen-bond donors (Lipinski definition) is 2. The van der Waals surface area contributed by atoms with Gasteiger partial charge >= 0.3 is 81.8 Å². The van der Waals surface area contributed by atoms with Gasteiger partial charge in [0, 0.05) is 43.8 Å². The maximum Gasteiger partial charge on any atom is 0.313 e. The van der Waals surface area contributed by atoms with E-state index < -0.39 is 303 Å². The number of nitrogens with zero attached hydrogens (tertiary/aromatic N) is 6. The van der Waals surface area contributed by atoms with Crippen LogP contribution in [0.5, 0.6) is 92.0 Å². The largest absolute Gasteiger partial charge is 0.452 e. The predicted molar refractivity (Wildman–Crippen MR) is 459 cm³/mol. The minimum absolute atomic E-state index is 0.0586. The lowest BCUT2D eigenvalue weighted by Gasteiger charge is -2.41. The van der Waals surface area contributed by atoms with Gasteiger partial charge in [-0.25, -0.2) is 29.9 Å². The molecule has 17 rings (SSSR count). The molecular weight excluding hydrogens is 2220 g/mol. The zero-order chi connectivity index (χ0) is 106. The van der Waals surface area contributed by atoms with Crippen molar-refractivity contribution < 1.29 is 193 Å². The Morgan fingerprint density at radius 1 is 0.146 bits per heavy atom. The summed E-state index contributed by atoms with van der Waals surface area (Å²) in [4.78, 5) is 5.74. The van der Waals surface area contributed by atoms with E-state index >= 15 is 155 Å². The number of aromatic nitrogens is 8. The Morgan fingerprint density at radius 2 is 0.264 bits per heavy atom. The SMILES string of the molecule is FS(F)(F)(F)(F)c1ccccc1Oc1cc2c(cc1Oc1ccccc1S(F)(F)(F)(F)F)-c1nc-2nc2[nH]c(nc3nc(nc4[nH]c(n1)c1cc(Oc5ccccc5S(F)(F)(F)(F)F)c(Oc5ccccc5S(F)(F)(F)(F)F)cc41)-c1cc(Oc4ccccc4S(F)(F)(F)(F)F)c(Oc4ccccc4S(F)(F)(F)(F)F)cc1-3)c1cc(Oc3ccccc3S(F)(F)(F)(F)F)c(Oc3ccccc3S(F)(F)(F)(F)F)cc21. The molecule has 0 saturated heterocycles. The van der Waals surface area contributed by atoms with E-state index in [2.05, 4.69) is 39.9 Å². The Hall–Kier alpha value is -13.6. The van der Waals surface area contributed by atoms with Crippen LogP contribution < -0.4 is 37.9 Å². The van der Waals surface area contributed by atoms with E-state index in [0.29, 0.717) is 48.5 Å². The molecule has 0 spiro atoms. The van der Waals surface area contributed by atoms with Crippen LogP contribution in [0.1, 0.15) is 0 Å². The molecule has 5 heterocycles. The monoisotopic (exact) mass is 2260 g/mol. The van der Waals surface area contributed by atoms with Crippen LogP contribution in [0, 0.1) is 0 Å². The molecule has 3 aromatic heterocycles. The number of ether oxygens (including phenoxy) is 8. The fourth-order valence-corrected chi connectivity index (χ4v) is 20.8. The van der Waals surface area contributed by atoms with Crippen LogP contribution in [0.3, 0.4) is 0 Å². The van der Waals surface area contributed by atoms with Gasteiger partial charge in [0.25, 0.3) is 0 Å². The summed E-state index contributed by atoms with van der Waals surface area (Å²) in [5.41, 5.74) is -10.1. The van der Waals surface area contributed by atoms with Crippen LogP contribution in [0.4, 0.5) is 155 Å². The second-order valence-electron chi connectivity index (χ2n) is 31.1. The third kappa shape index (κ3) is 21.1. The number of para-hydroxylation sites is 8. The third-order valence-corrected chi connectivity index (χ3v) is 29.3. The average molecular weight is 2260 g/mol. The third-order valence-electron chi connectivity index (χ3n) is 20.0. The predicted octanol–water partition coefficient (Wildman–Crippen LogP) is 42.5. The van der Waals surface area contributed by atoms with Crippen molar-refractivity contribution in [1.82, 2.24) is 39.9 Å². The first-order chi connectivity index (χ1) is 64.3. The van der Waals surface area contributed by atoms with Gasteiger partial charge in [-0.2, -0.15) is 0 Å². The van der Waals surface area contributed by atoms with Crippen LogP contribution >= 0.6 is 81.8 Å². The lowest BCUT2D eigenvalue weighted by molar-refractivity contribution is 0.342. The topological polar surface area (TPSA) is 183 Å². The Bertz CT molecular complexity index is 7440. The highest BCUT2D eigenvalue weighted by Gasteiger charge is 2.74. The summed E-state index contributed by atoms with van der Waals surface area (Å²) in [5, 5.41) is -4.65. The molecule has 2 aliphatic rings. The summed E-state index contributed by atoms with van der Waals surface area (Å²) < 4.78 is 654. The zero-order valence-corrected chi connectivity index (χ0v) is 75.0. The highest BCUT2D eigenvalue weighted by molar-refractivity contribution is 8.48. The molecule has 16 nitrogen and oxygen atoms in total. The van der Waals surface area contributed by atoms with E-state index in [9.17, 15) is 0 Å². The van der Waals surface area contributed by atoms with Gasteiger partial charge in [0.2, 0.25) is 0 Å². The highest BCUT2D eigenvalue weighted by Crippen LogP contribution is 3.09. The second-order valence-corrected chi connectivity index (χ2v) is 50.2. The first kappa shape index (κ1) is 102. The van der Waals surface area contributed by atoms with Crippen molar-refractivity contribution in [3.63, 3.8) is 0 Å². The number of H-pyrrole nitrogens is 2. The Balaban J connectivity index is 1.08. The first-order valence-electron chi connectivity index (χ1n) is 38.0. The van der Waals surface area contributed by atoms with Crippen LogP contribution in [0.2, 0.25) is 0 Å². The molecule has 0 amide bonds.